The molecule has 2 aromatic rings. The molecule has 0 heterocycles. The molecule has 19 heteroatoms. The molecule has 0 saturated heterocycles. The second kappa shape index (κ2) is 10.3. The third-order valence-corrected chi connectivity index (χ3v) is 8.99. The number of rotatable bonds is 11. The van der Waals surface area contributed by atoms with Crippen LogP contribution in [0.15, 0.2) is 60.7 Å². The Bertz CT molecular complexity index is 1200. The highest BCUT2D eigenvalue weighted by atomic mass is 31.2. The van der Waals surface area contributed by atoms with Gasteiger partial charge < -0.3 is 4.57 Å². The highest BCUT2D eigenvalue weighted by molar-refractivity contribution is 7.78. The van der Waals surface area contributed by atoms with Gasteiger partial charge in [-0.05, 0) is 0 Å². The van der Waals surface area contributed by atoms with Crippen molar-refractivity contribution < 1.29 is 79.2 Å². The minimum atomic E-state index is -8.69. The average molecular weight is 648 g/mol. The molecule has 0 radical (unpaired) electrons. The van der Waals surface area contributed by atoms with Crippen molar-refractivity contribution in [3.05, 3.63) is 60.7 Å². The zero-order valence-electron chi connectivity index (χ0n) is 19.5. The Kier molecular flexibility index (Phi) is 8.74. The Balaban J connectivity index is 2.56. The second-order valence-corrected chi connectivity index (χ2v) is 11.5. The molecule has 0 bridgehead atoms. The van der Waals surface area contributed by atoms with E-state index in [9.17, 15) is 79.2 Å². The molecular weight excluding hydrogens is 634 g/mol. The van der Waals surface area contributed by atoms with Crippen molar-refractivity contribution in [1.29, 1.82) is 0 Å². The topological polar surface area (TPSA) is 17.1 Å². The third kappa shape index (κ3) is 5.18. The van der Waals surface area contributed by atoms with Gasteiger partial charge in [0.05, 0.1) is 0 Å². The van der Waals surface area contributed by atoms with Crippen LogP contribution in [-0.4, -0.2) is 53.8 Å². The summed E-state index contributed by atoms with van der Waals surface area (Å²) in [4.78, 5) is 0. The molecule has 0 unspecified atom stereocenters. The summed E-state index contributed by atoms with van der Waals surface area (Å²) in [5.74, 6) is -56.9. The van der Waals surface area contributed by atoms with Crippen LogP contribution in [0, 0.1) is 0 Å². The van der Waals surface area contributed by atoms with Gasteiger partial charge in [0, 0.05) is 23.2 Å². The highest BCUT2D eigenvalue weighted by Crippen LogP contribution is 2.64. The first-order valence-electron chi connectivity index (χ1n) is 10.6. The molecule has 0 aliphatic rings. The minimum Gasteiger partial charge on any atom is -0.314 e. The summed E-state index contributed by atoms with van der Waals surface area (Å²) in [5, 5.41) is -0.717. The first kappa shape index (κ1) is 34.7. The normalized spacial score (nSPS) is 15.2. The quantitative estimate of drug-likeness (QED) is 0.177. The van der Waals surface area contributed by atoms with Crippen LogP contribution < -0.4 is 10.6 Å². The van der Waals surface area contributed by atoms with E-state index in [1.807, 2.05) is 0 Å². The zero-order chi connectivity index (χ0) is 32.1. The molecule has 0 aliphatic carbocycles. The first-order chi connectivity index (χ1) is 18.2. The smallest absolute Gasteiger partial charge is 0.314 e. The Morgan fingerprint density at radius 3 is 1.05 bits per heavy atom. The number of halogens is 17. The van der Waals surface area contributed by atoms with Gasteiger partial charge in [0.25, 0.3) is 0 Å². The van der Waals surface area contributed by atoms with Crippen molar-refractivity contribution in [2.75, 3.05) is 6.16 Å². The van der Waals surface area contributed by atoms with Gasteiger partial charge in [-0.25, -0.2) is 0 Å². The van der Waals surface area contributed by atoms with E-state index in [2.05, 4.69) is 0 Å². The Labute approximate surface area is 218 Å². The molecule has 2 aromatic carbocycles. The summed E-state index contributed by atoms with van der Waals surface area (Å²) in [6, 6.07) is 11.3. The summed E-state index contributed by atoms with van der Waals surface area (Å²) < 4.78 is 243. The van der Waals surface area contributed by atoms with Gasteiger partial charge in [-0.15, -0.1) is 0 Å². The van der Waals surface area contributed by atoms with Crippen LogP contribution in [-0.2, 0) is 4.57 Å². The molecule has 0 atom stereocenters. The number of benzene rings is 2. The van der Waals surface area contributed by atoms with Crippen LogP contribution in [0.2, 0.25) is 0 Å². The lowest BCUT2D eigenvalue weighted by atomic mass is 9.88. The maximum absolute atomic E-state index is 14.5. The van der Waals surface area contributed by atoms with Crippen molar-refractivity contribution in [2.24, 2.45) is 0 Å². The van der Waals surface area contributed by atoms with Crippen molar-refractivity contribution in [3.8, 4) is 0 Å². The molecular formula is C22H14F17OP. The fourth-order valence-corrected chi connectivity index (χ4v) is 6.11. The SMILES string of the molecule is O=P(CCC(F)(F)C(F)(F)C(F)(F)C(F)(F)C(F)(F)C(F)(F)C(F)(F)C(F)(F)F)(c1ccccc1)c1ccccc1. The Morgan fingerprint density at radius 1 is 0.439 bits per heavy atom. The summed E-state index contributed by atoms with van der Waals surface area (Å²) in [7, 11) is -4.52. The van der Waals surface area contributed by atoms with E-state index in [1.165, 1.54) is 36.4 Å². The standard InChI is InChI=1S/C22H14F17OP/c23-15(24,11-12-41(40,13-7-3-1-4-8-13)14-9-5-2-6-10-14)16(25,26)17(27,28)18(29,30)19(31,32)20(33,34)21(35,36)22(37,38)39/h1-10H,11-12H2. The monoisotopic (exact) mass is 648 g/mol. The lowest BCUT2D eigenvalue weighted by Crippen LogP contribution is -2.74. The van der Waals surface area contributed by atoms with E-state index in [0.717, 1.165) is 24.3 Å². The molecule has 232 valence electrons. The summed E-state index contributed by atoms with van der Waals surface area (Å²) >= 11 is 0. The minimum absolute atomic E-state index is 0.358. The molecule has 1 nitrogen and oxygen atoms in total. The molecule has 2 rings (SSSR count). The second-order valence-electron chi connectivity index (χ2n) is 8.53. The van der Waals surface area contributed by atoms with Crippen molar-refractivity contribution >= 4 is 17.8 Å². The van der Waals surface area contributed by atoms with Crippen molar-refractivity contribution in [2.45, 2.75) is 54.1 Å². The lowest BCUT2D eigenvalue weighted by Gasteiger charge is -2.43. The number of hydrogen-bond donors (Lipinski definition) is 0. The predicted octanol–water partition coefficient (Wildman–Crippen LogP) is 8.40. The van der Waals surface area contributed by atoms with Crippen molar-refractivity contribution in [3.63, 3.8) is 0 Å². The molecule has 0 aliphatic heterocycles. The van der Waals surface area contributed by atoms with Crippen molar-refractivity contribution in [1.82, 2.24) is 0 Å². The van der Waals surface area contributed by atoms with E-state index in [0.29, 0.717) is 0 Å². The van der Waals surface area contributed by atoms with Crippen LogP contribution in [0.5, 0.6) is 0 Å². The molecule has 0 aromatic heterocycles. The van der Waals surface area contributed by atoms with Gasteiger partial charge in [-0.1, -0.05) is 60.7 Å². The lowest BCUT2D eigenvalue weighted by molar-refractivity contribution is -0.461. The summed E-state index contributed by atoms with van der Waals surface area (Å²) in [6.45, 7) is 0. The molecule has 0 amide bonds. The van der Waals surface area contributed by atoms with Gasteiger partial charge in [0.15, 0.2) is 0 Å². The summed E-state index contributed by atoms with van der Waals surface area (Å²) in [5.41, 5.74) is 0. The van der Waals surface area contributed by atoms with Crippen LogP contribution in [0.1, 0.15) is 6.42 Å². The fourth-order valence-electron chi connectivity index (χ4n) is 3.40. The predicted molar refractivity (Wildman–Crippen MR) is 110 cm³/mol. The maximum atomic E-state index is 14.5. The Morgan fingerprint density at radius 2 is 0.732 bits per heavy atom. The first-order valence-corrected chi connectivity index (χ1v) is 12.5. The zero-order valence-corrected chi connectivity index (χ0v) is 20.4. The van der Waals surface area contributed by atoms with Crippen LogP contribution in [0.25, 0.3) is 0 Å². The average Bonchev–Trinajstić information content (AvgIpc) is 2.87. The van der Waals surface area contributed by atoms with Crippen LogP contribution in [0.4, 0.5) is 74.6 Å². The third-order valence-electron chi connectivity index (χ3n) is 5.87. The summed E-state index contributed by atoms with van der Waals surface area (Å²) in [6.07, 6.45) is -12.3. The van der Waals surface area contributed by atoms with Gasteiger partial charge in [-0.3, -0.25) is 0 Å². The van der Waals surface area contributed by atoms with E-state index in [1.54, 1.807) is 0 Å². The fraction of sp³-hybridized carbons (Fsp3) is 0.455. The van der Waals surface area contributed by atoms with E-state index in [4.69, 9.17) is 0 Å². The Hall–Kier alpha value is -2.52. The van der Waals surface area contributed by atoms with Gasteiger partial charge in [-0.2, -0.15) is 74.6 Å². The van der Waals surface area contributed by atoms with Gasteiger partial charge in [0.2, 0.25) is 0 Å². The van der Waals surface area contributed by atoms with E-state index in [-0.39, 0.29) is 10.6 Å². The number of alkyl halides is 17. The molecule has 0 spiro atoms. The maximum Gasteiger partial charge on any atom is 0.460 e. The van der Waals surface area contributed by atoms with Gasteiger partial charge in [0.1, 0.15) is 7.14 Å². The number of hydrogen-bond acceptors (Lipinski definition) is 1. The molecule has 0 N–H and O–H groups in total. The van der Waals surface area contributed by atoms with Gasteiger partial charge >= 0.3 is 47.6 Å². The highest BCUT2D eigenvalue weighted by Gasteiger charge is 2.95. The van der Waals surface area contributed by atoms with E-state index >= 15 is 0 Å². The molecule has 0 saturated carbocycles. The van der Waals surface area contributed by atoms with E-state index < -0.39 is 67.4 Å². The largest absolute Gasteiger partial charge is 0.460 e. The molecule has 0 fully saturated rings. The van der Waals surface area contributed by atoms with Crippen LogP contribution >= 0.6 is 7.14 Å². The molecule has 41 heavy (non-hydrogen) atoms. The van der Waals surface area contributed by atoms with Crippen LogP contribution in [0.3, 0.4) is 0 Å².